The lowest BCUT2D eigenvalue weighted by Crippen LogP contribution is -2.38. The Labute approximate surface area is 199 Å². The number of nitrogens with zero attached hydrogens (tertiary/aromatic N) is 3. The minimum absolute atomic E-state index is 0.0470. The van der Waals surface area contributed by atoms with Crippen LogP contribution in [-0.2, 0) is 15.0 Å². The average Bonchev–Trinajstić information content (AvgIpc) is 3.18. The SMILES string of the molecule is CCCCCCCCC(=O)N(CC)CC(=O)Nc1cc(C(C)(C)C)nn1-c1cccc(C)c1. The monoisotopic (exact) mass is 454 g/mol. The molecule has 0 fully saturated rings. The lowest BCUT2D eigenvalue weighted by Gasteiger charge is -2.20. The van der Waals surface area contributed by atoms with E-state index in [-0.39, 0.29) is 23.8 Å². The minimum atomic E-state index is -0.206. The molecule has 1 heterocycles. The van der Waals surface area contributed by atoms with Gasteiger partial charge in [-0.3, -0.25) is 9.59 Å². The van der Waals surface area contributed by atoms with Crippen molar-refractivity contribution in [3.8, 4) is 5.69 Å². The maximum atomic E-state index is 12.9. The summed E-state index contributed by atoms with van der Waals surface area (Å²) in [5, 5.41) is 7.77. The number of rotatable bonds is 12. The summed E-state index contributed by atoms with van der Waals surface area (Å²) in [6.07, 6.45) is 7.34. The first kappa shape index (κ1) is 26.6. The second kappa shape index (κ2) is 12.6. The van der Waals surface area contributed by atoms with Crippen LogP contribution in [0.5, 0.6) is 0 Å². The number of likely N-dealkylation sites (N-methyl/N-ethyl adjacent to an activating group) is 1. The van der Waals surface area contributed by atoms with E-state index in [1.165, 1.54) is 25.7 Å². The fourth-order valence-corrected chi connectivity index (χ4v) is 3.74. The highest BCUT2D eigenvalue weighted by molar-refractivity contribution is 5.94. The van der Waals surface area contributed by atoms with Gasteiger partial charge in [-0.25, -0.2) is 4.68 Å². The van der Waals surface area contributed by atoms with E-state index in [1.54, 1.807) is 9.58 Å². The molecule has 0 atom stereocenters. The van der Waals surface area contributed by atoms with Gasteiger partial charge in [0.25, 0.3) is 0 Å². The molecule has 2 rings (SSSR count). The summed E-state index contributed by atoms with van der Waals surface area (Å²) >= 11 is 0. The van der Waals surface area contributed by atoms with Gasteiger partial charge in [-0.1, -0.05) is 71.9 Å². The van der Waals surface area contributed by atoms with Crippen molar-refractivity contribution in [1.82, 2.24) is 14.7 Å². The van der Waals surface area contributed by atoms with Gasteiger partial charge in [0.1, 0.15) is 5.82 Å². The van der Waals surface area contributed by atoms with E-state index < -0.39 is 0 Å². The van der Waals surface area contributed by atoms with Crippen LogP contribution in [-0.4, -0.2) is 39.6 Å². The van der Waals surface area contributed by atoms with E-state index in [1.807, 2.05) is 44.2 Å². The van der Waals surface area contributed by atoms with Crippen molar-refractivity contribution in [2.45, 2.75) is 91.9 Å². The maximum absolute atomic E-state index is 12.9. The quantitative estimate of drug-likeness (QED) is 0.399. The average molecular weight is 455 g/mol. The van der Waals surface area contributed by atoms with Crippen molar-refractivity contribution in [3.63, 3.8) is 0 Å². The normalized spacial score (nSPS) is 11.5. The summed E-state index contributed by atoms with van der Waals surface area (Å²) in [6, 6.07) is 9.95. The van der Waals surface area contributed by atoms with Gasteiger partial charge >= 0.3 is 0 Å². The van der Waals surface area contributed by atoms with Crippen LogP contribution in [0.25, 0.3) is 5.69 Å². The predicted octanol–water partition coefficient (Wildman–Crippen LogP) is 6.02. The maximum Gasteiger partial charge on any atom is 0.245 e. The van der Waals surface area contributed by atoms with Crippen molar-refractivity contribution < 1.29 is 9.59 Å². The van der Waals surface area contributed by atoms with E-state index in [9.17, 15) is 9.59 Å². The third-order valence-corrected chi connectivity index (χ3v) is 5.80. The second-order valence-electron chi connectivity index (χ2n) is 9.89. The number of aromatic nitrogens is 2. The van der Waals surface area contributed by atoms with Gasteiger partial charge in [0.2, 0.25) is 11.8 Å². The van der Waals surface area contributed by atoms with Gasteiger partial charge in [0.05, 0.1) is 17.9 Å². The molecule has 0 unspecified atom stereocenters. The molecule has 2 aromatic rings. The Hall–Kier alpha value is -2.63. The number of benzene rings is 1. The summed E-state index contributed by atoms with van der Waals surface area (Å²) in [6.45, 7) is 13.0. The molecule has 0 saturated carbocycles. The van der Waals surface area contributed by atoms with Gasteiger partial charge in [-0.05, 0) is 38.0 Å². The zero-order valence-corrected chi connectivity index (χ0v) is 21.4. The van der Waals surface area contributed by atoms with Crippen LogP contribution in [0.1, 0.15) is 90.8 Å². The first-order valence-electron chi connectivity index (χ1n) is 12.4. The largest absolute Gasteiger partial charge is 0.334 e. The summed E-state index contributed by atoms with van der Waals surface area (Å²) in [4.78, 5) is 27.2. The highest BCUT2D eigenvalue weighted by atomic mass is 16.2. The lowest BCUT2D eigenvalue weighted by atomic mass is 9.92. The molecule has 2 amide bonds. The molecule has 6 nitrogen and oxygen atoms in total. The molecule has 0 aliphatic heterocycles. The van der Waals surface area contributed by atoms with Gasteiger partial charge in [-0.2, -0.15) is 5.10 Å². The van der Waals surface area contributed by atoms with E-state index in [0.29, 0.717) is 18.8 Å². The summed E-state index contributed by atoms with van der Waals surface area (Å²) < 4.78 is 1.78. The van der Waals surface area contributed by atoms with E-state index in [2.05, 4.69) is 33.0 Å². The zero-order valence-electron chi connectivity index (χ0n) is 21.4. The molecular weight excluding hydrogens is 412 g/mol. The van der Waals surface area contributed by atoms with Crippen molar-refractivity contribution in [3.05, 3.63) is 41.6 Å². The third kappa shape index (κ3) is 8.34. The van der Waals surface area contributed by atoms with Crippen LogP contribution in [0, 0.1) is 6.92 Å². The highest BCUT2D eigenvalue weighted by Crippen LogP contribution is 2.26. The van der Waals surface area contributed by atoms with E-state index in [0.717, 1.165) is 29.8 Å². The number of hydrogen-bond acceptors (Lipinski definition) is 3. The topological polar surface area (TPSA) is 67.2 Å². The Balaban J connectivity index is 2.05. The highest BCUT2D eigenvalue weighted by Gasteiger charge is 2.22. The van der Waals surface area contributed by atoms with Crippen molar-refractivity contribution >= 4 is 17.6 Å². The van der Waals surface area contributed by atoms with Crippen LogP contribution in [0.4, 0.5) is 5.82 Å². The number of unbranched alkanes of at least 4 members (excludes halogenated alkanes) is 5. The first-order valence-corrected chi connectivity index (χ1v) is 12.4. The molecule has 0 aliphatic carbocycles. The zero-order chi connectivity index (χ0) is 24.4. The molecule has 1 aromatic heterocycles. The van der Waals surface area contributed by atoms with Gasteiger partial charge in [0, 0.05) is 24.4 Å². The smallest absolute Gasteiger partial charge is 0.245 e. The van der Waals surface area contributed by atoms with Crippen LogP contribution < -0.4 is 5.32 Å². The molecule has 0 spiro atoms. The Morgan fingerprint density at radius 3 is 2.36 bits per heavy atom. The number of amides is 2. The van der Waals surface area contributed by atoms with Gasteiger partial charge in [-0.15, -0.1) is 0 Å². The van der Waals surface area contributed by atoms with Crippen LogP contribution in [0.3, 0.4) is 0 Å². The molecule has 0 bridgehead atoms. The van der Waals surface area contributed by atoms with Gasteiger partial charge < -0.3 is 10.2 Å². The van der Waals surface area contributed by atoms with Crippen LogP contribution in [0.15, 0.2) is 30.3 Å². The molecule has 0 aliphatic rings. The molecule has 0 radical (unpaired) electrons. The minimum Gasteiger partial charge on any atom is -0.334 e. The molecule has 33 heavy (non-hydrogen) atoms. The van der Waals surface area contributed by atoms with Crippen molar-refractivity contribution in [2.75, 3.05) is 18.4 Å². The van der Waals surface area contributed by atoms with Crippen molar-refractivity contribution in [1.29, 1.82) is 0 Å². The van der Waals surface area contributed by atoms with E-state index >= 15 is 0 Å². The van der Waals surface area contributed by atoms with Crippen LogP contribution >= 0.6 is 0 Å². The van der Waals surface area contributed by atoms with Crippen LogP contribution in [0.2, 0.25) is 0 Å². The molecule has 1 N–H and O–H groups in total. The second-order valence-corrected chi connectivity index (χ2v) is 9.89. The van der Waals surface area contributed by atoms with Crippen molar-refractivity contribution in [2.24, 2.45) is 0 Å². The number of carbonyl (C=O) groups is 2. The third-order valence-electron chi connectivity index (χ3n) is 5.80. The molecule has 0 saturated heterocycles. The Bertz CT molecular complexity index is 911. The lowest BCUT2D eigenvalue weighted by molar-refractivity contribution is -0.134. The molecule has 1 aromatic carbocycles. The van der Waals surface area contributed by atoms with Gasteiger partial charge in [0.15, 0.2) is 0 Å². The number of hydrogen-bond donors (Lipinski definition) is 1. The molecule has 182 valence electrons. The van der Waals surface area contributed by atoms with E-state index in [4.69, 9.17) is 5.10 Å². The fraction of sp³-hybridized carbons (Fsp3) is 0.593. The molecular formula is C27H42N4O2. The standard InChI is InChI=1S/C27H42N4O2/c1-7-9-10-11-12-13-17-26(33)30(8-2)20-25(32)28-24-19-23(27(4,5)6)29-31(24)22-16-14-15-21(3)18-22/h14-16,18-19H,7-13,17,20H2,1-6H3,(H,28,32). The molecule has 6 heteroatoms. The fourth-order valence-electron chi connectivity index (χ4n) is 3.74. The summed E-state index contributed by atoms with van der Waals surface area (Å²) in [7, 11) is 0. The number of aryl methyl sites for hydroxylation is 1. The number of carbonyl (C=O) groups excluding carboxylic acids is 2. The Morgan fingerprint density at radius 2 is 1.73 bits per heavy atom. The Morgan fingerprint density at radius 1 is 1.03 bits per heavy atom. The summed E-state index contributed by atoms with van der Waals surface area (Å²) in [5.74, 6) is 0.461. The predicted molar refractivity (Wildman–Crippen MR) is 136 cm³/mol. The number of nitrogens with one attached hydrogen (secondary N) is 1. The first-order chi connectivity index (χ1) is 15.7. The number of anilines is 1. The summed E-state index contributed by atoms with van der Waals surface area (Å²) in [5.41, 5.74) is 2.75. The Kier molecular flexibility index (Phi) is 10.1.